The molecule has 25 heavy (non-hydrogen) atoms. The van der Waals surface area contributed by atoms with Crippen molar-refractivity contribution in [2.24, 2.45) is 0 Å². The molecule has 1 N–H and O–H groups in total. The van der Waals surface area contributed by atoms with Gasteiger partial charge in [0, 0.05) is 5.02 Å². The Morgan fingerprint density at radius 3 is 2.80 bits per heavy atom. The number of carbonyl (C=O) groups is 1. The number of hydrogen-bond acceptors (Lipinski definition) is 4. The molecule has 130 valence electrons. The molecule has 3 rings (SSSR count). The summed E-state index contributed by atoms with van der Waals surface area (Å²) in [5, 5.41) is 10.2. The number of amides is 1. The van der Waals surface area contributed by atoms with Crippen LogP contribution in [0.2, 0.25) is 10.0 Å². The largest absolute Gasteiger partial charge is 0.470 e. The monoisotopic (exact) mass is 395 g/mol. The second-order valence-electron chi connectivity index (χ2n) is 5.32. The summed E-state index contributed by atoms with van der Waals surface area (Å²) in [5.74, 6) is 0.366. The fourth-order valence-corrected chi connectivity index (χ4v) is 3.39. The molecule has 0 saturated carbocycles. The van der Waals surface area contributed by atoms with Gasteiger partial charge in [0.2, 0.25) is 0 Å². The second-order valence-corrected chi connectivity index (χ2v) is 7.12. The summed E-state index contributed by atoms with van der Waals surface area (Å²) in [4.78, 5) is 12.9. The molecule has 0 spiro atoms. The Balaban J connectivity index is 1.74. The molecular weight excluding hydrogens is 381 g/mol. The van der Waals surface area contributed by atoms with E-state index in [-0.39, 0.29) is 12.6 Å². The quantitative estimate of drug-likeness (QED) is 0.648. The topological polar surface area (TPSA) is 56.1 Å². The smallest absolute Gasteiger partial charge is 0.265 e. The molecule has 0 aliphatic heterocycles. The SMILES string of the molecule is Cc1nn(COc2ccc(Cl)cc2Cl)c(C)c1NC(=O)c1cccs1. The molecule has 0 aliphatic rings. The first-order valence-corrected chi connectivity index (χ1v) is 9.06. The Kier molecular flexibility index (Phi) is 5.32. The minimum atomic E-state index is -0.151. The van der Waals surface area contributed by atoms with Crippen LogP contribution in [0.5, 0.6) is 5.75 Å². The van der Waals surface area contributed by atoms with E-state index in [1.165, 1.54) is 11.3 Å². The molecule has 1 amide bonds. The van der Waals surface area contributed by atoms with Gasteiger partial charge in [0.05, 0.1) is 27.0 Å². The van der Waals surface area contributed by atoms with Gasteiger partial charge in [-0.25, -0.2) is 4.68 Å². The Labute approximate surface area is 159 Å². The first-order chi connectivity index (χ1) is 12.0. The van der Waals surface area contributed by atoms with Gasteiger partial charge in [0.15, 0.2) is 6.73 Å². The van der Waals surface area contributed by atoms with Gasteiger partial charge in [0.25, 0.3) is 5.91 Å². The van der Waals surface area contributed by atoms with Crippen molar-refractivity contribution in [3.05, 3.63) is 62.0 Å². The molecule has 0 saturated heterocycles. The molecular formula is C17H15Cl2N3O2S. The number of aromatic nitrogens is 2. The predicted molar refractivity (Wildman–Crippen MR) is 101 cm³/mol. The number of carbonyl (C=O) groups excluding carboxylic acids is 1. The zero-order valence-corrected chi connectivity index (χ0v) is 15.9. The molecule has 8 heteroatoms. The molecule has 0 bridgehead atoms. The van der Waals surface area contributed by atoms with E-state index in [1.807, 2.05) is 25.3 Å². The summed E-state index contributed by atoms with van der Waals surface area (Å²) in [6, 6.07) is 8.64. The highest BCUT2D eigenvalue weighted by Crippen LogP contribution is 2.28. The number of halogens is 2. The Hall–Kier alpha value is -2.02. The van der Waals surface area contributed by atoms with Crippen LogP contribution in [0.1, 0.15) is 21.1 Å². The fourth-order valence-electron chi connectivity index (χ4n) is 2.31. The van der Waals surface area contributed by atoms with Gasteiger partial charge in [-0.15, -0.1) is 11.3 Å². The standard InChI is InChI=1S/C17H15Cl2N3O2S/c1-10-16(20-17(23)15-4-3-7-25-15)11(2)22(21-10)9-24-14-6-5-12(18)8-13(14)19/h3-8H,9H2,1-2H3,(H,20,23). The van der Waals surface area contributed by atoms with Gasteiger partial charge >= 0.3 is 0 Å². The van der Waals surface area contributed by atoms with Crippen LogP contribution in [0, 0.1) is 13.8 Å². The average Bonchev–Trinajstić information content (AvgIpc) is 3.18. The third-order valence-corrected chi connectivity index (χ3v) is 5.00. The molecule has 0 aliphatic carbocycles. The number of thiophene rings is 1. The third-order valence-electron chi connectivity index (χ3n) is 3.60. The molecule has 3 aromatic rings. The lowest BCUT2D eigenvalue weighted by molar-refractivity contribution is 0.103. The molecule has 0 unspecified atom stereocenters. The highest BCUT2D eigenvalue weighted by Gasteiger charge is 2.16. The minimum Gasteiger partial charge on any atom is -0.470 e. The molecule has 5 nitrogen and oxygen atoms in total. The van der Waals surface area contributed by atoms with E-state index >= 15 is 0 Å². The summed E-state index contributed by atoms with van der Waals surface area (Å²) in [5.41, 5.74) is 2.20. The number of ether oxygens (including phenoxy) is 1. The van der Waals surface area contributed by atoms with Gasteiger partial charge in [0.1, 0.15) is 5.75 Å². The van der Waals surface area contributed by atoms with Crippen LogP contribution in [0.4, 0.5) is 5.69 Å². The molecule has 0 atom stereocenters. The molecule has 2 heterocycles. The third kappa shape index (κ3) is 3.98. The molecule has 2 aromatic heterocycles. The van der Waals surface area contributed by atoms with Crippen molar-refractivity contribution in [1.29, 1.82) is 0 Å². The van der Waals surface area contributed by atoms with E-state index in [9.17, 15) is 4.79 Å². The first kappa shape index (κ1) is 17.8. The zero-order valence-electron chi connectivity index (χ0n) is 13.5. The maximum atomic E-state index is 12.2. The number of anilines is 1. The number of benzene rings is 1. The van der Waals surface area contributed by atoms with Gasteiger partial charge < -0.3 is 10.1 Å². The number of rotatable bonds is 5. The second kappa shape index (κ2) is 7.47. The van der Waals surface area contributed by atoms with E-state index in [0.717, 1.165) is 5.69 Å². The van der Waals surface area contributed by atoms with Crippen LogP contribution in [0.3, 0.4) is 0 Å². The maximum absolute atomic E-state index is 12.2. The molecule has 1 aromatic carbocycles. The molecule has 0 fully saturated rings. The summed E-state index contributed by atoms with van der Waals surface area (Å²) in [7, 11) is 0. The van der Waals surface area contributed by atoms with Crippen LogP contribution in [-0.2, 0) is 6.73 Å². The van der Waals surface area contributed by atoms with Crippen molar-refractivity contribution in [1.82, 2.24) is 9.78 Å². The van der Waals surface area contributed by atoms with Gasteiger partial charge in [-0.05, 0) is 43.5 Å². The van der Waals surface area contributed by atoms with E-state index in [0.29, 0.717) is 32.1 Å². The Morgan fingerprint density at radius 1 is 1.32 bits per heavy atom. The van der Waals surface area contributed by atoms with Crippen molar-refractivity contribution in [2.45, 2.75) is 20.6 Å². The first-order valence-electron chi connectivity index (χ1n) is 7.42. The van der Waals surface area contributed by atoms with Crippen LogP contribution >= 0.6 is 34.5 Å². The maximum Gasteiger partial charge on any atom is 0.265 e. The fraction of sp³-hybridized carbons (Fsp3) is 0.176. The molecule has 0 radical (unpaired) electrons. The number of hydrogen-bond donors (Lipinski definition) is 1. The number of aryl methyl sites for hydroxylation is 1. The summed E-state index contributed by atoms with van der Waals surface area (Å²) < 4.78 is 7.37. The highest BCUT2D eigenvalue weighted by molar-refractivity contribution is 7.12. The Morgan fingerprint density at radius 2 is 2.12 bits per heavy atom. The van der Waals surface area contributed by atoms with Crippen molar-refractivity contribution >= 4 is 46.1 Å². The van der Waals surface area contributed by atoms with Crippen molar-refractivity contribution < 1.29 is 9.53 Å². The van der Waals surface area contributed by atoms with Gasteiger partial charge in [-0.3, -0.25) is 4.79 Å². The van der Waals surface area contributed by atoms with E-state index in [2.05, 4.69) is 10.4 Å². The van der Waals surface area contributed by atoms with Crippen molar-refractivity contribution in [3.63, 3.8) is 0 Å². The predicted octanol–water partition coefficient (Wildman–Crippen LogP) is 5.16. The summed E-state index contributed by atoms with van der Waals surface area (Å²) in [6.07, 6.45) is 0. The van der Waals surface area contributed by atoms with Gasteiger partial charge in [-0.2, -0.15) is 5.10 Å². The van der Waals surface area contributed by atoms with E-state index < -0.39 is 0 Å². The van der Waals surface area contributed by atoms with Crippen molar-refractivity contribution in [2.75, 3.05) is 5.32 Å². The van der Waals surface area contributed by atoms with Crippen LogP contribution in [0.25, 0.3) is 0 Å². The van der Waals surface area contributed by atoms with Crippen LogP contribution in [-0.4, -0.2) is 15.7 Å². The zero-order chi connectivity index (χ0) is 18.0. The lowest BCUT2D eigenvalue weighted by Crippen LogP contribution is -2.12. The lowest BCUT2D eigenvalue weighted by atomic mass is 10.3. The summed E-state index contributed by atoms with van der Waals surface area (Å²) in [6.45, 7) is 3.88. The Bertz CT molecular complexity index is 907. The van der Waals surface area contributed by atoms with Crippen LogP contribution < -0.4 is 10.1 Å². The number of nitrogens with zero attached hydrogens (tertiary/aromatic N) is 2. The van der Waals surface area contributed by atoms with Crippen LogP contribution in [0.15, 0.2) is 35.7 Å². The number of nitrogens with one attached hydrogen (secondary N) is 1. The van der Waals surface area contributed by atoms with E-state index in [1.54, 1.807) is 28.9 Å². The minimum absolute atomic E-state index is 0.151. The van der Waals surface area contributed by atoms with Crippen molar-refractivity contribution in [3.8, 4) is 5.75 Å². The van der Waals surface area contributed by atoms with Gasteiger partial charge in [-0.1, -0.05) is 29.3 Å². The highest BCUT2D eigenvalue weighted by atomic mass is 35.5. The normalized spacial score (nSPS) is 10.7. The average molecular weight is 396 g/mol. The lowest BCUT2D eigenvalue weighted by Gasteiger charge is -2.10. The summed E-state index contributed by atoms with van der Waals surface area (Å²) >= 11 is 13.4. The van der Waals surface area contributed by atoms with E-state index in [4.69, 9.17) is 27.9 Å².